The van der Waals surface area contributed by atoms with E-state index in [0.717, 1.165) is 0 Å². The van der Waals surface area contributed by atoms with Crippen molar-refractivity contribution >= 4 is 63.2 Å². The molecule has 86 valence electrons. The number of hydrazone groups is 1. The number of carboxylic acid groups (broad SMARTS) is 1. The van der Waals surface area contributed by atoms with Gasteiger partial charge >= 0.3 is 5.97 Å². The predicted molar refractivity (Wildman–Crippen MR) is 66.0 cm³/mol. The fourth-order valence-electron chi connectivity index (χ4n) is 0.802. The van der Waals surface area contributed by atoms with Gasteiger partial charge in [0, 0.05) is 5.02 Å². The third kappa shape index (κ3) is 3.42. The first-order valence-electron chi connectivity index (χ1n) is 3.79. The maximum absolute atomic E-state index is 10.4. The van der Waals surface area contributed by atoms with Crippen LogP contribution in [0.5, 0.6) is 0 Å². The van der Waals surface area contributed by atoms with Crippen molar-refractivity contribution in [3.63, 3.8) is 0 Å². The number of rotatable bonds is 3. The topological polar surface area (TPSA) is 61.7 Å². The Morgan fingerprint density at radius 2 is 1.75 bits per heavy atom. The molecule has 2 N–H and O–H groups in total. The van der Waals surface area contributed by atoms with Crippen LogP contribution >= 0.6 is 46.4 Å². The zero-order valence-corrected chi connectivity index (χ0v) is 10.5. The number of carbonyl (C=O) groups is 1. The minimum atomic E-state index is -1.37. The van der Waals surface area contributed by atoms with E-state index >= 15 is 0 Å². The first-order chi connectivity index (χ1) is 7.41. The smallest absolute Gasteiger partial charge is 0.368 e. The summed E-state index contributed by atoms with van der Waals surface area (Å²) in [4.78, 5) is 10.4. The second-order valence-electron chi connectivity index (χ2n) is 2.56. The molecule has 0 heterocycles. The standard InChI is InChI=1S/C8H4Cl4N2O2/c9-3-1-4(10)6(5(11)2-3)13-14-7(12)8(15)16/h1-2,13H,(H,15,16). The number of nitrogens with one attached hydrogen (secondary N) is 1. The van der Waals surface area contributed by atoms with E-state index in [1.807, 2.05) is 0 Å². The number of hydrogen-bond donors (Lipinski definition) is 2. The molecule has 1 aromatic carbocycles. The van der Waals surface area contributed by atoms with Crippen molar-refractivity contribution in [1.29, 1.82) is 0 Å². The van der Waals surface area contributed by atoms with Crippen LogP contribution in [0, 0.1) is 0 Å². The van der Waals surface area contributed by atoms with Crippen molar-refractivity contribution in [1.82, 2.24) is 0 Å². The molecule has 0 amide bonds. The van der Waals surface area contributed by atoms with Gasteiger partial charge in [0.1, 0.15) is 0 Å². The molecule has 16 heavy (non-hydrogen) atoms. The number of carboxylic acids is 1. The molecule has 8 heteroatoms. The van der Waals surface area contributed by atoms with Crippen LogP contribution in [0.4, 0.5) is 5.69 Å². The maximum Gasteiger partial charge on any atom is 0.368 e. The zero-order valence-electron chi connectivity index (χ0n) is 7.47. The molecule has 0 radical (unpaired) electrons. The number of halogens is 4. The highest BCUT2D eigenvalue weighted by atomic mass is 35.5. The van der Waals surface area contributed by atoms with Crippen LogP contribution in [0.1, 0.15) is 0 Å². The van der Waals surface area contributed by atoms with Crippen LogP contribution < -0.4 is 5.43 Å². The lowest BCUT2D eigenvalue weighted by Crippen LogP contribution is -2.07. The van der Waals surface area contributed by atoms with Gasteiger partial charge in [0.25, 0.3) is 0 Å². The summed E-state index contributed by atoms with van der Waals surface area (Å²) in [5, 5.41) is 11.9. The number of benzene rings is 1. The van der Waals surface area contributed by atoms with Gasteiger partial charge in [-0.2, -0.15) is 5.10 Å². The molecule has 0 saturated heterocycles. The van der Waals surface area contributed by atoms with Crippen molar-refractivity contribution in [2.24, 2.45) is 5.10 Å². The Labute approximate surface area is 111 Å². The molecule has 4 nitrogen and oxygen atoms in total. The van der Waals surface area contributed by atoms with Gasteiger partial charge in [-0.3, -0.25) is 5.43 Å². The SMILES string of the molecule is O=C(O)C(Cl)=NNc1c(Cl)cc(Cl)cc1Cl. The summed E-state index contributed by atoms with van der Waals surface area (Å²) in [6.07, 6.45) is 0. The molecular weight excluding hydrogens is 298 g/mol. The van der Waals surface area contributed by atoms with Crippen LogP contribution in [-0.2, 0) is 4.79 Å². The van der Waals surface area contributed by atoms with Crippen molar-refractivity contribution < 1.29 is 9.90 Å². The van der Waals surface area contributed by atoms with Crippen molar-refractivity contribution in [3.8, 4) is 0 Å². The molecule has 1 aromatic rings. The van der Waals surface area contributed by atoms with Gasteiger partial charge in [0.2, 0.25) is 5.17 Å². The number of nitrogens with zero attached hydrogens (tertiary/aromatic N) is 1. The van der Waals surface area contributed by atoms with E-state index in [-0.39, 0.29) is 15.7 Å². The number of hydrogen-bond acceptors (Lipinski definition) is 3. The number of aliphatic carboxylic acids is 1. The van der Waals surface area contributed by atoms with Gasteiger partial charge in [0.05, 0.1) is 15.7 Å². The molecule has 0 atom stereocenters. The van der Waals surface area contributed by atoms with Crippen LogP contribution in [0.2, 0.25) is 15.1 Å². The van der Waals surface area contributed by atoms with E-state index in [2.05, 4.69) is 10.5 Å². The van der Waals surface area contributed by atoms with Crippen molar-refractivity contribution in [3.05, 3.63) is 27.2 Å². The Morgan fingerprint density at radius 1 is 1.25 bits per heavy atom. The fourth-order valence-corrected chi connectivity index (χ4v) is 1.75. The molecule has 0 fully saturated rings. The van der Waals surface area contributed by atoms with E-state index in [1.54, 1.807) is 0 Å². The van der Waals surface area contributed by atoms with Gasteiger partial charge in [-0.25, -0.2) is 4.79 Å². The van der Waals surface area contributed by atoms with Crippen LogP contribution in [-0.4, -0.2) is 16.2 Å². The third-order valence-electron chi connectivity index (χ3n) is 1.45. The third-order valence-corrected chi connectivity index (χ3v) is 2.51. The average Bonchev–Trinajstić information content (AvgIpc) is 2.15. The van der Waals surface area contributed by atoms with Gasteiger partial charge in [-0.1, -0.05) is 46.4 Å². The molecular formula is C8H4Cl4N2O2. The Morgan fingerprint density at radius 3 is 2.19 bits per heavy atom. The number of anilines is 1. The highest BCUT2D eigenvalue weighted by Crippen LogP contribution is 2.33. The molecule has 0 aliphatic heterocycles. The molecule has 0 saturated carbocycles. The normalized spacial score (nSPS) is 11.4. The molecule has 0 aliphatic carbocycles. The molecule has 0 aromatic heterocycles. The quantitative estimate of drug-likeness (QED) is 0.661. The molecule has 0 bridgehead atoms. The van der Waals surface area contributed by atoms with Gasteiger partial charge in [0.15, 0.2) is 0 Å². The van der Waals surface area contributed by atoms with E-state index in [4.69, 9.17) is 51.5 Å². The Hall–Kier alpha value is -0.680. The second-order valence-corrected chi connectivity index (χ2v) is 4.17. The average molecular weight is 302 g/mol. The van der Waals surface area contributed by atoms with E-state index in [0.29, 0.717) is 5.02 Å². The van der Waals surface area contributed by atoms with Crippen molar-refractivity contribution in [2.45, 2.75) is 0 Å². The summed E-state index contributed by atoms with van der Waals surface area (Å²) < 4.78 is 0. The lowest BCUT2D eigenvalue weighted by atomic mass is 10.3. The molecule has 0 unspecified atom stereocenters. The summed E-state index contributed by atoms with van der Waals surface area (Å²) in [7, 11) is 0. The van der Waals surface area contributed by atoms with Gasteiger partial charge in [-0.15, -0.1) is 0 Å². The van der Waals surface area contributed by atoms with Gasteiger partial charge < -0.3 is 5.11 Å². The first-order valence-corrected chi connectivity index (χ1v) is 5.30. The minimum Gasteiger partial charge on any atom is -0.476 e. The van der Waals surface area contributed by atoms with E-state index in [9.17, 15) is 4.79 Å². The first kappa shape index (κ1) is 13.4. The van der Waals surface area contributed by atoms with Crippen molar-refractivity contribution in [2.75, 3.05) is 5.43 Å². The van der Waals surface area contributed by atoms with Crippen LogP contribution in [0.15, 0.2) is 17.2 Å². The predicted octanol–water partition coefficient (Wildman–Crippen LogP) is 3.70. The molecule has 0 spiro atoms. The molecule has 1 rings (SSSR count). The summed E-state index contributed by atoms with van der Waals surface area (Å²) in [6.45, 7) is 0. The highest BCUT2D eigenvalue weighted by molar-refractivity contribution is 6.81. The highest BCUT2D eigenvalue weighted by Gasteiger charge is 2.09. The summed E-state index contributed by atoms with van der Waals surface area (Å²) >= 11 is 22.6. The van der Waals surface area contributed by atoms with Crippen LogP contribution in [0.25, 0.3) is 0 Å². The Kier molecular flexibility index (Phi) is 4.68. The lowest BCUT2D eigenvalue weighted by molar-refractivity contribution is -0.129. The van der Waals surface area contributed by atoms with Crippen LogP contribution in [0.3, 0.4) is 0 Å². The van der Waals surface area contributed by atoms with E-state index in [1.165, 1.54) is 12.1 Å². The minimum absolute atomic E-state index is 0.205. The Bertz CT molecular complexity index is 438. The fraction of sp³-hybridized carbons (Fsp3) is 0. The molecule has 0 aliphatic rings. The second kappa shape index (κ2) is 5.59. The monoisotopic (exact) mass is 300 g/mol. The van der Waals surface area contributed by atoms with E-state index < -0.39 is 11.1 Å². The summed E-state index contributed by atoms with van der Waals surface area (Å²) in [5.74, 6) is -1.37. The summed E-state index contributed by atoms with van der Waals surface area (Å²) in [5.41, 5.74) is 2.57. The summed E-state index contributed by atoms with van der Waals surface area (Å²) in [6, 6.07) is 2.86. The largest absolute Gasteiger partial charge is 0.476 e. The zero-order chi connectivity index (χ0) is 12.3. The lowest BCUT2D eigenvalue weighted by Gasteiger charge is -2.06. The van der Waals surface area contributed by atoms with Gasteiger partial charge in [-0.05, 0) is 12.1 Å². The maximum atomic E-state index is 10.4. The Balaban J connectivity index is 2.99.